The standard InChI is InChI=1S/C14H19BrN4/c1-10(16)13-5-4-12(15)6-14(13)18(2)8-11-7-17-19(3)9-11/h4-7,9-10H,8,16H2,1-3H3. The minimum atomic E-state index is 0.0134. The number of anilines is 1. The number of hydrogen-bond acceptors (Lipinski definition) is 3. The molecule has 0 fully saturated rings. The van der Waals surface area contributed by atoms with E-state index in [0.717, 1.165) is 22.3 Å². The summed E-state index contributed by atoms with van der Waals surface area (Å²) in [6, 6.07) is 6.22. The van der Waals surface area contributed by atoms with Crippen molar-refractivity contribution in [2.24, 2.45) is 12.8 Å². The minimum absolute atomic E-state index is 0.0134. The summed E-state index contributed by atoms with van der Waals surface area (Å²) in [5.74, 6) is 0. The van der Waals surface area contributed by atoms with Crippen molar-refractivity contribution in [1.29, 1.82) is 0 Å². The molecule has 0 bridgehead atoms. The molecule has 0 aliphatic heterocycles. The van der Waals surface area contributed by atoms with Crippen LogP contribution in [0.25, 0.3) is 0 Å². The van der Waals surface area contributed by atoms with Crippen molar-refractivity contribution in [3.05, 3.63) is 46.2 Å². The van der Waals surface area contributed by atoms with Gasteiger partial charge >= 0.3 is 0 Å². The quantitative estimate of drug-likeness (QED) is 0.941. The second kappa shape index (κ2) is 5.75. The number of aromatic nitrogens is 2. The van der Waals surface area contributed by atoms with Crippen molar-refractivity contribution in [3.8, 4) is 0 Å². The maximum absolute atomic E-state index is 6.04. The number of hydrogen-bond donors (Lipinski definition) is 1. The molecule has 2 aromatic rings. The van der Waals surface area contributed by atoms with Gasteiger partial charge < -0.3 is 10.6 Å². The molecule has 1 atom stereocenters. The molecule has 5 heteroatoms. The van der Waals surface area contributed by atoms with Gasteiger partial charge in [0, 0.05) is 48.6 Å². The normalized spacial score (nSPS) is 12.5. The minimum Gasteiger partial charge on any atom is -0.370 e. The van der Waals surface area contributed by atoms with Gasteiger partial charge in [-0.25, -0.2) is 0 Å². The summed E-state index contributed by atoms with van der Waals surface area (Å²) in [4.78, 5) is 2.19. The second-order valence-corrected chi connectivity index (χ2v) is 5.79. The molecule has 4 nitrogen and oxygen atoms in total. The molecule has 0 saturated carbocycles. The van der Waals surface area contributed by atoms with Crippen molar-refractivity contribution in [2.75, 3.05) is 11.9 Å². The molecular formula is C14H19BrN4. The number of nitrogens with zero attached hydrogens (tertiary/aromatic N) is 3. The third kappa shape index (κ3) is 3.36. The van der Waals surface area contributed by atoms with E-state index in [1.807, 2.05) is 37.1 Å². The number of halogens is 1. The Morgan fingerprint density at radius 2 is 2.21 bits per heavy atom. The summed E-state index contributed by atoms with van der Waals surface area (Å²) in [5, 5.41) is 4.19. The first-order chi connectivity index (χ1) is 8.97. The van der Waals surface area contributed by atoms with Gasteiger partial charge in [0.2, 0.25) is 0 Å². The van der Waals surface area contributed by atoms with Gasteiger partial charge in [-0.05, 0) is 24.6 Å². The molecule has 2 rings (SSSR count). The molecule has 2 N–H and O–H groups in total. The van der Waals surface area contributed by atoms with Gasteiger partial charge in [-0.1, -0.05) is 22.0 Å². The Hall–Kier alpha value is -1.33. The Kier molecular flexibility index (Phi) is 4.27. The van der Waals surface area contributed by atoms with Gasteiger partial charge in [-0.3, -0.25) is 4.68 Å². The summed E-state index contributed by atoms with van der Waals surface area (Å²) in [5.41, 5.74) is 9.52. The molecule has 19 heavy (non-hydrogen) atoms. The zero-order valence-corrected chi connectivity index (χ0v) is 13.1. The molecule has 0 spiro atoms. The van der Waals surface area contributed by atoms with Gasteiger partial charge in [0.05, 0.1) is 6.20 Å². The van der Waals surface area contributed by atoms with E-state index in [9.17, 15) is 0 Å². The number of aryl methyl sites for hydroxylation is 1. The van der Waals surface area contributed by atoms with E-state index >= 15 is 0 Å². The predicted molar refractivity (Wildman–Crippen MR) is 82.1 cm³/mol. The van der Waals surface area contributed by atoms with Crippen molar-refractivity contribution >= 4 is 21.6 Å². The highest BCUT2D eigenvalue weighted by Crippen LogP contribution is 2.29. The second-order valence-electron chi connectivity index (χ2n) is 4.87. The van der Waals surface area contributed by atoms with Crippen LogP contribution in [-0.2, 0) is 13.6 Å². The first-order valence-electron chi connectivity index (χ1n) is 6.21. The Bertz CT molecular complexity index is 562. The van der Waals surface area contributed by atoms with Gasteiger partial charge in [-0.2, -0.15) is 5.10 Å². The lowest BCUT2D eigenvalue weighted by Gasteiger charge is -2.24. The first kappa shape index (κ1) is 14.1. The summed E-state index contributed by atoms with van der Waals surface area (Å²) < 4.78 is 2.88. The van der Waals surface area contributed by atoms with Crippen LogP contribution in [0.15, 0.2) is 35.1 Å². The van der Waals surface area contributed by atoms with Gasteiger partial charge in [-0.15, -0.1) is 0 Å². The molecule has 1 aromatic heterocycles. The summed E-state index contributed by atoms with van der Waals surface area (Å²) >= 11 is 3.52. The lowest BCUT2D eigenvalue weighted by Crippen LogP contribution is -2.20. The number of rotatable bonds is 4. The van der Waals surface area contributed by atoms with Crippen LogP contribution in [0.1, 0.15) is 24.1 Å². The van der Waals surface area contributed by atoms with Crippen molar-refractivity contribution in [2.45, 2.75) is 19.5 Å². The Labute approximate surface area is 122 Å². The van der Waals surface area contributed by atoms with Crippen molar-refractivity contribution in [1.82, 2.24) is 9.78 Å². The van der Waals surface area contributed by atoms with E-state index in [1.165, 1.54) is 5.56 Å². The highest BCUT2D eigenvalue weighted by Gasteiger charge is 2.12. The van der Waals surface area contributed by atoms with Gasteiger partial charge in [0.15, 0.2) is 0 Å². The summed E-state index contributed by atoms with van der Waals surface area (Å²) in [6.45, 7) is 2.81. The van der Waals surface area contributed by atoms with Crippen molar-refractivity contribution in [3.63, 3.8) is 0 Å². The van der Waals surface area contributed by atoms with Crippen molar-refractivity contribution < 1.29 is 0 Å². The van der Waals surface area contributed by atoms with Crippen LogP contribution in [0.2, 0.25) is 0 Å². The lowest BCUT2D eigenvalue weighted by molar-refractivity contribution is 0.766. The third-order valence-corrected chi connectivity index (χ3v) is 3.57. The largest absolute Gasteiger partial charge is 0.370 e. The molecule has 0 aliphatic rings. The fourth-order valence-electron chi connectivity index (χ4n) is 2.15. The highest BCUT2D eigenvalue weighted by molar-refractivity contribution is 9.10. The maximum Gasteiger partial charge on any atom is 0.0539 e. The zero-order chi connectivity index (χ0) is 14.0. The maximum atomic E-state index is 6.04. The topological polar surface area (TPSA) is 47.1 Å². The smallest absolute Gasteiger partial charge is 0.0539 e. The molecular weight excluding hydrogens is 304 g/mol. The van der Waals surface area contributed by atoms with Gasteiger partial charge in [0.25, 0.3) is 0 Å². The fourth-order valence-corrected chi connectivity index (χ4v) is 2.49. The highest BCUT2D eigenvalue weighted by atomic mass is 79.9. The van der Waals surface area contributed by atoms with E-state index in [1.54, 1.807) is 0 Å². The Balaban J connectivity index is 2.27. The van der Waals surface area contributed by atoms with E-state index in [4.69, 9.17) is 5.73 Å². The summed E-state index contributed by atoms with van der Waals surface area (Å²) in [7, 11) is 4.00. The molecule has 0 aliphatic carbocycles. The monoisotopic (exact) mass is 322 g/mol. The number of benzene rings is 1. The Morgan fingerprint density at radius 3 is 2.79 bits per heavy atom. The Morgan fingerprint density at radius 1 is 1.47 bits per heavy atom. The van der Waals surface area contributed by atoms with Crippen LogP contribution in [0.5, 0.6) is 0 Å². The van der Waals surface area contributed by atoms with Gasteiger partial charge in [0.1, 0.15) is 0 Å². The van der Waals surface area contributed by atoms with Crippen LogP contribution >= 0.6 is 15.9 Å². The van der Waals surface area contributed by atoms with Crippen LogP contribution in [0.4, 0.5) is 5.69 Å². The molecule has 1 aromatic carbocycles. The number of nitrogens with two attached hydrogens (primary N) is 1. The molecule has 102 valence electrons. The van der Waals surface area contributed by atoms with Crippen LogP contribution in [0, 0.1) is 0 Å². The lowest BCUT2D eigenvalue weighted by atomic mass is 10.1. The van der Waals surface area contributed by atoms with Crippen LogP contribution in [0.3, 0.4) is 0 Å². The van der Waals surface area contributed by atoms with Crippen LogP contribution < -0.4 is 10.6 Å². The fraction of sp³-hybridized carbons (Fsp3) is 0.357. The molecule has 1 unspecified atom stereocenters. The average molecular weight is 323 g/mol. The molecule has 0 saturated heterocycles. The van der Waals surface area contributed by atoms with E-state index in [0.29, 0.717) is 0 Å². The van der Waals surface area contributed by atoms with E-state index in [2.05, 4.69) is 45.1 Å². The SMILES string of the molecule is CC(N)c1ccc(Br)cc1N(C)Cc1cnn(C)c1. The third-order valence-electron chi connectivity index (χ3n) is 3.07. The summed E-state index contributed by atoms with van der Waals surface area (Å²) in [6.07, 6.45) is 3.92. The average Bonchev–Trinajstić information content (AvgIpc) is 2.74. The van der Waals surface area contributed by atoms with Crippen LogP contribution in [-0.4, -0.2) is 16.8 Å². The first-order valence-corrected chi connectivity index (χ1v) is 7.00. The predicted octanol–water partition coefficient (Wildman–Crippen LogP) is 2.84. The molecule has 1 heterocycles. The van der Waals surface area contributed by atoms with E-state index < -0.39 is 0 Å². The zero-order valence-electron chi connectivity index (χ0n) is 11.5. The molecule has 0 amide bonds. The van der Waals surface area contributed by atoms with E-state index in [-0.39, 0.29) is 6.04 Å². The molecule has 0 radical (unpaired) electrons.